The molecule has 8 heteroatoms. The number of hydrogen-bond acceptors (Lipinski definition) is 3. The highest BCUT2D eigenvalue weighted by atomic mass is 35.5. The van der Waals surface area contributed by atoms with E-state index in [1.54, 1.807) is 48.5 Å². The number of carbonyl (C=O) groups excluding carboxylic acids is 1. The number of rotatable bonds is 5. The molecule has 0 saturated heterocycles. The summed E-state index contributed by atoms with van der Waals surface area (Å²) in [5.41, 5.74) is 1.06. The smallest absolute Gasteiger partial charge is 0.263 e. The molecule has 1 amide bonds. The van der Waals surface area contributed by atoms with Gasteiger partial charge in [-0.1, -0.05) is 47.5 Å². The van der Waals surface area contributed by atoms with Crippen LogP contribution in [0.2, 0.25) is 10.0 Å². The first-order valence-electron chi connectivity index (χ1n) is 7.79. The highest BCUT2D eigenvalue weighted by Gasteiger charge is 2.19. The molecule has 0 fully saturated rings. The molecule has 27 heavy (non-hydrogen) atoms. The summed E-state index contributed by atoms with van der Waals surface area (Å²) in [7, 11) is -3.98. The third kappa shape index (κ3) is 4.80. The van der Waals surface area contributed by atoms with Crippen LogP contribution in [0.15, 0.2) is 77.7 Å². The Balaban J connectivity index is 1.87. The minimum absolute atomic E-state index is 0.0299. The van der Waals surface area contributed by atoms with Gasteiger partial charge < -0.3 is 5.32 Å². The zero-order valence-corrected chi connectivity index (χ0v) is 16.1. The Morgan fingerprint density at radius 1 is 0.815 bits per heavy atom. The number of benzene rings is 3. The maximum Gasteiger partial charge on any atom is 0.263 e. The lowest BCUT2D eigenvalue weighted by atomic mass is 10.2. The van der Waals surface area contributed by atoms with E-state index in [0.717, 1.165) is 0 Å². The fraction of sp³-hybridized carbons (Fsp3) is 0. The molecule has 2 N–H and O–H groups in total. The fourth-order valence-corrected chi connectivity index (χ4v) is 4.11. The molecule has 0 heterocycles. The molecule has 5 nitrogen and oxygen atoms in total. The second kappa shape index (κ2) is 8.00. The average Bonchev–Trinajstić information content (AvgIpc) is 2.63. The lowest BCUT2D eigenvalue weighted by Gasteiger charge is -2.12. The van der Waals surface area contributed by atoms with Crippen molar-refractivity contribution in [1.29, 1.82) is 0 Å². The first-order chi connectivity index (χ1) is 12.8. The molecule has 0 radical (unpaired) electrons. The minimum Gasteiger partial charge on any atom is -0.322 e. The predicted molar refractivity (Wildman–Crippen MR) is 108 cm³/mol. The van der Waals surface area contributed by atoms with E-state index in [-0.39, 0.29) is 15.8 Å². The van der Waals surface area contributed by atoms with Crippen molar-refractivity contribution in [3.8, 4) is 0 Å². The van der Waals surface area contributed by atoms with Gasteiger partial charge in [0, 0.05) is 16.3 Å². The van der Waals surface area contributed by atoms with Crippen LogP contribution < -0.4 is 10.0 Å². The number of hydrogen-bond donors (Lipinski definition) is 2. The molecule has 0 aliphatic carbocycles. The maximum absolute atomic E-state index is 12.7. The zero-order valence-electron chi connectivity index (χ0n) is 13.8. The number of anilines is 2. The number of nitrogens with one attached hydrogen (secondary N) is 2. The van der Waals surface area contributed by atoms with E-state index in [0.29, 0.717) is 22.0 Å². The van der Waals surface area contributed by atoms with Gasteiger partial charge in [0.05, 0.1) is 10.7 Å². The lowest BCUT2D eigenvalue weighted by Crippen LogP contribution is -2.15. The van der Waals surface area contributed by atoms with Crippen LogP contribution in [-0.2, 0) is 10.0 Å². The van der Waals surface area contributed by atoms with Crippen LogP contribution in [0.1, 0.15) is 10.4 Å². The van der Waals surface area contributed by atoms with Crippen molar-refractivity contribution in [2.45, 2.75) is 4.90 Å². The monoisotopic (exact) mass is 420 g/mol. The molecule has 3 rings (SSSR count). The van der Waals surface area contributed by atoms with Gasteiger partial charge in [0.1, 0.15) is 4.90 Å². The molecule has 0 unspecified atom stereocenters. The quantitative estimate of drug-likeness (QED) is 0.606. The molecule has 0 spiro atoms. The molecule has 0 aliphatic heterocycles. The highest BCUT2D eigenvalue weighted by Crippen LogP contribution is 2.28. The van der Waals surface area contributed by atoms with Crippen LogP contribution >= 0.6 is 23.2 Å². The van der Waals surface area contributed by atoms with Crippen LogP contribution in [0.25, 0.3) is 0 Å². The van der Waals surface area contributed by atoms with E-state index < -0.39 is 10.0 Å². The van der Waals surface area contributed by atoms with Gasteiger partial charge in [-0.25, -0.2) is 8.42 Å². The summed E-state index contributed by atoms with van der Waals surface area (Å²) in [5, 5.41) is 3.08. The van der Waals surface area contributed by atoms with Crippen LogP contribution in [0.5, 0.6) is 0 Å². The van der Waals surface area contributed by atoms with Crippen LogP contribution in [0.4, 0.5) is 11.4 Å². The van der Waals surface area contributed by atoms with Gasteiger partial charge in [0.2, 0.25) is 0 Å². The summed E-state index contributed by atoms with van der Waals surface area (Å²) < 4.78 is 27.8. The molecule has 138 valence electrons. The van der Waals surface area contributed by atoms with E-state index in [1.807, 2.05) is 0 Å². The summed E-state index contributed by atoms with van der Waals surface area (Å²) in [4.78, 5) is 12.1. The highest BCUT2D eigenvalue weighted by molar-refractivity contribution is 7.92. The Morgan fingerprint density at radius 3 is 2.26 bits per heavy atom. The topological polar surface area (TPSA) is 75.3 Å². The molecule has 3 aromatic rings. The Morgan fingerprint density at radius 2 is 1.56 bits per heavy atom. The van der Waals surface area contributed by atoms with Gasteiger partial charge in [0.25, 0.3) is 15.9 Å². The summed E-state index contributed by atoms with van der Waals surface area (Å²) >= 11 is 12.0. The van der Waals surface area contributed by atoms with Gasteiger partial charge >= 0.3 is 0 Å². The van der Waals surface area contributed by atoms with Gasteiger partial charge in [-0.3, -0.25) is 9.52 Å². The van der Waals surface area contributed by atoms with Crippen molar-refractivity contribution in [1.82, 2.24) is 0 Å². The Bertz CT molecular complexity index is 1090. The van der Waals surface area contributed by atoms with Crippen LogP contribution in [0, 0.1) is 0 Å². The molecular formula is C19H14Cl2N2O3S. The molecule has 0 aliphatic rings. The SMILES string of the molecule is O=C(Nc1ccc(Cl)c(S(=O)(=O)Nc2cccc(Cl)c2)c1)c1ccccc1. The lowest BCUT2D eigenvalue weighted by molar-refractivity contribution is 0.102. The van der Waals surface area contributed by atoms with E-state index in [2.05, 4.69) is 10.0 Å². The summed E-state index contributed by atoms with van der Waals surface area (Å²) in [6.07, 6.45) is 0. The average molecular weight is 421 g/mol. The third-order valence-electron chi connectivity index (χ3n) is 3.59. The fourth-order valence-electron chi connectivity index (χ4n) is 2.34. The third-order valence-corrected chi connectivity index (χ3v) is 5.69. The molecule has 0 aromatic heterocycles. The summed E-state index contributed by atoms with van der Waals surface area (Å²) in [6.45, 7) is 0. The van der Waals surface area contributed by atoms with Crippen molar-refractivity contribution in [3.63, 3.8) is 0 Å². The Labute approximate surface area is 167 Å². The van der Waals surface area contributed by atoms with Crippen molar-refractivity contribution >= 4 is 50.5 Å². The van der Waals surface area contributed by atoms with Crippen molar-refractivity contribution in [2.24, 2.45) is 0 Å². The second-order valence-corrected chi connectivity index (χ2v) is 8.08. The minimum atomic E-state index is -3.98. The predicted octanol–water partition coefficient (Wildman–Crippen LogP) is 5.05. The first kappa shape index (κ1) is 19.2. The van der Waals surface area contributed by atoms with Gasteiger partial charge in [-0.15, -0.1) is 0 Å². The number of sulfonamides is 1. The Kier molecular flexibility index (Phi) is 5.70. The van der Waals surface area contributed by atoms with E-state index in [4.69, 9.17) is 23.2 Å². The van der Waals surface area contributed by atoms with Crippen LogP contribution in [0.3, 0.4) is 0 Å². The second-order valence-electron chi connectivity index (χ2n) is 5.58. The van der Waals surface area contributed by atoms with Crippen LogP contribution in [-0.4, -0.2) is 14.3 Å². The van der Waals surface area contributed by atoms with Crippen molar-refractivity contribution in [3.05, 3.63) is 88.4 Å². The normalized spacial score (nSPS) is 11.0. The van der Waals surface area contributed by atoms with E-state index >= 15 is 0 Å². The molecular weight excluding hydrogens is 407 g/mol. The van der Waals surface area contributed by atoms with E-state index in [9.17, 15) is 13.2 Å². The molecule has 0 saturated carbocycles. The maximum atomic E-state index is 12.7. The number of halogens is 2. The standard InChI is InChI=1S/C19H14Cl2N2O3S/c20-14-7-4-8-16(11-14)23-27(25,26)18-12-15(9-10-17(18)21)22-19(24)13-5-2-1-3-6-13/h1-12,23H,(H,22,24). The van der Waals surface area contributed by atoms with Crippen molar-refractivity contribution in [2.75, 3.05) is 10.0 Å². The first-order valence-corrected chi connectivity index (χ1v) is 10.0. The van der Waals surface area contributed by atoms with Crippen molar-refractivity contribution < 1.29 is 13.2 Å². The molecule has 3 aromatic carbocycles. The van der Waals surface area contributed by atoms with Gasteiger partial charge in [-0.05, 0) is 48.5 Å². The summed E-state index contributed by atoms with van der Waals surface area (Å²) in [6, 6.07) is 19.1. The van der Waals surface area contributed by atoms with Gasteiger partial charge in [-0.2, -0.15) is 0 Å². The summed E-state index contributed by atoms with van der Waals surface area (Å²) in [5.74, 6) is -0.357. The zero-order chi connectivity index (χ0) is 19.4. The molecule has 0 bridgehead atoms. The Hall–Kier alpha value is -2.54. The number of carbonyl (C=O) groups is 1. The number of amides is 1. The molecule has 0 atom stereocenters. The van der Waals surface area contributed by atoms with Gasteiger partial charge in [0.15, 0.2) is 0 Å². The van der Waals surface area contributed by atoms with E-state index in [1.165, 1.54) is 24.3 Å². The largest absolute Gasteiger partial charge is 0.322 e.